The summed E-state index contributed by atoms with van der Waals surface area (Å²) in [7, 11) is 0. The van der Waals surface area contributed by atoms with Crippen molar-refractivity contribution in [2.45, 2.75) is 39.3 Å². The van der Waals surface area contributed by atoms with E-state index in [2.05, 4.69) is 0 Å². The average molecular weight is 160 g/mol. The van der Waals surface area contributed by atoms with Gasteiger partial charge in [0, 0.05) is 6.61 Å². The van der Waals surface area contributed by atoms with Gasteiger partial charge in [-0.3, -0.25) is 0 Å². The van der Waals surface area contributed by atoms with E-state index in [1.54, 1.807) is 0 Å². The summed E-state index contributed by atoms with van der Waals surface area (Å²) in [5, 5.41) is 0. The second-order valence-electron chi connectivity index (χ2n) is 2.74. The molecule has 0 N–H and O–H groups in total. The number of hydrogen-bond acceptors (Lipinski definition) is 3. The number of hydrogen-bond donors (Lipinski definition) is 0. The van der Waals surface area contributed by atoms with Crippen LogP contribution in [0.3, 0.4) is 0 Å². The van der Waals surface area contributed by atoms with Crippen LogP contribution in [0, 0.1) is 0 Å². The Labute approximate surface area is 67.6 Å². The fourth-order valence-electron chi connectivity index (χ4n) is 0.918. The molecule has 0 bridgehead atoms. The third-order valence-corrected chi connectivity index (χ3v) is 1.73. The second kappa shape index (κ2) is 4.04. The average Bonchev–Trinajstić information content (AvgIpc) is 2.63. The van der Waals surface area contributed by atoms with Crippen LogP contribution >= 0.6 is 0 Å². The maximum absolute atomic E-state index is 5.33. The van der Waals surface area contributed by atoms with E-state index >= 15 is 0 Å². The Bertz CT molecular complexity index is 116. The highest BCUT2D eigenvalue weighted by Crippen LogP contribution is 2.21. The molecule has 0 aromatic heterocycles. The van der Waals surface area contributed by atoms with Crippen molar-refractivity contribution >= 4 is 0 Å². The molecule has 1 aliphatic heterocycles. The minimum Gasteiger partial charge on any atom is -0.367 e. The topological polar surface area (TPSA) is 31.0 Å². The molecule has 3 atom stereocenters. The summed E-state index contributed by atoms with van der Waals surface area (Å²) in [5.74, 6) is 0. The lowest BCUT2D eigenvalue weighted by molar-refractivity contribution is -0.129. The molecule has 0 aromatic rings. The van der Waals surface area contributed by atoms with E-state index in [9.17, 15) is 0 Å². The van der Waals surface area contributed by atoms with Crippen LogP contribution in [-0.4, -0.2) is 31.7 Å². The van der Waals surface area contributed by atoms with Gasteiger partial charge in [-0.25, -0.2) is 0 Å². The molecule has 0 radical (unpaired) electrons. The summed E-state index contributed by atoms with van der Waals surface area (Å²) in [4.78, 5) is 0. The molecule has 1 fully saturated rings. The summed E-state index contributed by atoms with van der Waals surface area (Å²) >= 11 is 0. The third-order valence-electron chi connectivity index (χ3n) is 1.73. The predicted octanol–water partition coefficient (Wildman–Crippen LogP) is 1.17. The Morgan fingerprint density at radius 3 is 2.55 bits per heavy atom. The first-order valence-electron chi connectivity index (χ1n) is 4.12. The monoisotopic (exact) mass is 160 g/mol. The van der Waals surface area contributed by atoms with Crippen molar-refractivity contribution in [3.8, 4) is 0 Å². The molecule has 0 spiro atoms. The van der Waals surface area contributed by atoms with Crippen molar-refractivity contribution in [3.05, 3.63) is 0 Å². The zero-order valence-electron chi connectivity index (χ0n) is 7.37. The minimum absolute atomic E-state index is 0.101. The van der Waals surface area contributed by atoms with E-state index in [0.29, 0.717) is 25.4 Å². The zero-order chi connectivity index (χ0) is 8.27. The fourth-order valence-corrected chi connectivity index (χ4v) is 0.918. The van der Waals surface area contributed by atoms with Crippen molar-refractivity contribution in [3.63, 3.8) is 0 Å². The summed E-state index contributed by atoms with van der Waals surface area (Å²) in [6, 6.07) is 0. The summed E-state index contributed by atoms with van der Waals surface area (Å²) in [6.07, 6.45) is 0.582. The lowest BCUT2D eigenvalue weighted by Gasteiger charge is -2.10. The molecule has 11 heavy (non-hydrogen) atoms. The highest BCUT2D eigenvalue weighted by atomic mass is 16.7. The van der Waals surface area contributed by atoms with Gasteiger partial charge in [0.15, 0.2) is 6.29 Å². The van der Waals surface area contributed by atoms with E-state index in [0.717, 1.165) is 0 Å². The molecule has 0 amide bonds. The molecular weight excluding hydrogens is 144 g/mol. The molecule has 1 heterocycles. The fraction of sp³-hybridized carbons (Fsp3) is 1.00. The van der Waals surface area contributed by atoms with Crippen LogP contribution < -0.4 is 0 Å². The van der Waals surface area contributed by atoms with E-state index in [1.807, 2.05) is 20.8 Å². The van der Waals surface area contributed by atoms with Crippen LogP contribution in [-0.2, 0) is 14.2 Å². The predicted molar refractivity (Wildman–Crippen MR) is 41.4 cm³/mol. The number of ether oxygens (including phenoxy) is 3. The molecule has 0 aromatic carbocycles. The van der Waals surface area contributed by atoms with Gasteiger partial charge in [0.05, 0.1) is 12.7 Å². The van der Waals surface area contributed by atoms with Gasteiger partial charge in [-0.2, -0.15) is 0 Å². The van der Waals surface area contributed by atoms with Gasteiger partial charge >= 0.3 is 0 Å². The zero-order valence-corrected chi connectivity index (χ0v) is 7.37. The van der Waals surface area contributed by atoms with Gasteiger partial charge < -0.3 is 14.2 Å². The largest absolute Gasteiger partial charge is 0.367 e. The van der Waals surface area contributed by atoms with Crippen LogP contribution in [0.2, 0.25) is 0 Å². The summed E-state index contributed by atoms with van der Waals surface area (Å²) in [5.41, 5.74) is 0. The first-order valence-corrected chi connectivity index (χ1v) is 4.12. The van der Waals surface area contributed by atoms with Gasteiger partial charge in [-0.1, -0.05) is 0 Å². The van der Waals surface area contributed by atoms with E-state index < -0.39 is 0 Å². The second-order valence-corrected chi connectivity index (χ2v) is 2.74. The molecule has 2 unspecified atom stereocenters. The van der Waals surface area contributed by atoms with Crippen LogP contribution in [0.25, 0.3) is 0 Å². The van der Waals surface area contributed by atoms with E-state index in [4.69, 9.17) is 14.2 Å². The molecule has 0 aliphatic carbocycles. The number of rotatable bonds is 5. The first-order chi connectivity index (χ1) is 5.24. The molecule has 3 nitrogen and oxygen atoms in total. The van der Waals surface area contributed by atoms with Crippen molar-refractivity contribution in [2.75, 3.05) is 13.2 Å². The van der Waals surface area contributed by atoms with Crippen molar-refractivity contribution in [2.24, 2.45) is 0 Å². The minimum atomic E-state index is -0.101. The highest BCUT2D eigenvalue weighted by molar-refractivity contribution is 4.79. The lowest BCUT2D eigenvalue weighted by Crippen LogP contribution is -2.16. The number of epoxide rings is 1. The van der Waals surface area contributed by atoms with E-state index in [-0.39, 0.29) is 6.29 Å². The molecule has 1 rings (SSSR count). The molecule has 0 saturated carbocycles. The molecule has 66 valence electrons. The Balaban J connectivity index is 1.94. The molecular formula is C8H16O3. The van der Waals surface area contributed by atoms with Crippen LogP contribution in [0.4, 0.5) is 0 Å². The Kier molecular flexibility index (Phi) is 3.30. The maximum atomic E-state index is 5.33. The van der Waals surface area contributed by atoms with Gasteiger partial charge in [0.2, 0.25) is 0 Å². The highest BCUT2D eigenvalue weighted by Gasteiger charge is 2.34. The maximum Gasteiger partial charge on any atom is 0.154 e. The van der Waals surface area contributed by atoms with Crippen LogP contribution in [0.15, 0.2) is 0 Å². The SMILES string of the molecule is CCOC(C)OCC1O[C@@H]1C. The van der Waals surface area contributed by atoms with Crippen molar-refractivity contribution < 1.29 is 14.2 Å². The Hall–Kier alpha value is -0.120. The van der Waals surface area contributed by atoms with Gasteiger partial charge in [-0.15, -0.1) is 0 Å². The van der Waals surface area contributed by atoms with Gasteiger partial charge in [0.25, 0.3) is 0 Å². The molecule has 1 saturated heterocycles. The normalized spacial score (nSPS) is 31.9. The standard InChI is InChI=1S/C8H16O3/c1-4-9-7(3)10-5-8-6(2)11-8/h6-8H,4-5H2,1-3H3/t6-,7?,8?/m1/s1. The Morgan fingerprint density at radius 1 is 1.45 bits per heavy atom. The van der Waals surface area contributed by atoms with E-state index in [1.165, 1.54) is 0 Å². The van der Waals surface area contributed by atoms with Crippen molar-refractivity contribution in [1.82, 2.24) is 0 Å². The quantitative estimate of drug-likeness (QED) is 0.447. The summed E-state index contributed by atoms with van der Waals surface area (Å²) in [6.45, 7) is 7.25. The Morgan fingerprint density at radius 2 is 2.09 bits per heavy atom. The van der Waals surface area contributed by atoms with Crippen LogP contribution in [0.5, 0.6) is 0 Å². The lowest BCUT2D eigenvalue weighted by atomic mass is 10.4. The third kappa shape index (κ3) is 3.18. The van der Waals surface area contributed by atoms with Crippen molar-refractivity contribution in [1.29, 1.82) is 0 Å². The smallest absolute Gasteiger partial charge is 0.154 e. The van der Waals surface area contributed by atoms with Gasteiger partial charge in [-0.05, 0) is 20.8 Å². The van der Waals surface area contributed by atoms with Gasteiger partial charge in [0.1, 0.15) is 6.10 Å². The first kappa shape index (κ1) is 8.97. The molecule has 3 heteroatoms. The molecule has 1 aliphatic rings. The summed E-state index contributed by atoms with van der Waals surface area (Å²) < 4.78 is 15.7. The van der Waals surface area contributed by atoms with Crippen LogP contribution in [0.1, 0.15) is 20.8 Å².